The van der Waals surface area contributed by atoms with E-state index in [2.05, 4.69) is 10.0 Å². The molecule has 0 saturated heterocycles. The topological polar surface area (TPSA) is 75.3 Å². The van der Waals surface area contributed by atoms with Crippen molar-refractivity contribution in [3.63, 3.8) is 0 Å². The molecular formula is C17H20N2O3S. The van der Waals surface area contributed by atoms with Crippen molar-refractivity contribution in [3.8, 4) is 0 Å². The van der Waals surface area contributed by atoms with Crippen LogP contribution in [0.25, 0.3) is 0 Å². The lowest BCUT2D eigenvalue weighted by Gasteiger charge is -2.09. The standard InChI is InChI=1S/C17H20N2O3S/c1-3-18-23(21,22)15-10-8-14(9-11-15)12-17(20)19-16-7-5-4-6-13(16)2/h4-11,18H,3,12H2,1-2H3,(H,19,20). The lowest BCUT2D eigenvalue weighted by Crippen LogP contribution is -2.23. The van der Waals surface area contributed by atoms with Crippen LogP contribution in [0.1, 0.15) is 18.1 Å². The highest BCUT2D eigenvalue weighted by Gasteiger charge is 2.12. The zero-order valence-electron chi connectivity index (χ0n) is 13.2. The van der Waals surface area contributed by atoms with E-state index in [0.29, 0.717) is 6.54 Å². The van der Waals surface area contributed by atoms with Crippen molar-refractivity contribution in [3.05, 3.63) is 59.7 Å². The van der Waals surface area contributed by atoms with Gasteiger partial charge in [0.25, 0.3) is 0 Å². The van der Waals surface area contributed by atoms with Crippen LogP contribution in [0.5, 0.6) is 0 Å². The fraction of sp³-hybridized carbons (Fsp3) is 0.235. The van der Waals surface area contributed by atoms with Crippen LogP contribution in [0.4, 0.5) is 5.69 Å². The molecule has 2 aromatic rings. The number of amides is 1. The molecule has 0 unspecified atom stereocenters. The van der Waals surface area contributed by atoms with E-state index in [1.54, 1.807) is 19.1 Å². The first-order valence-corrected chi connectivity index (χ1v) is 8.85. The Morgan fingerprint density at radius 2 is 1.70 bits per heavy atom. The van der Waals surface area contributed by atoms with Crippen molar-refractivity contribution in [2.75, 3.05) is 11.9 Å². The first-order chi connectivity index (χ1) is 10.9. The van der Waals surface area contributed by atoms with Crippen LogP contribution in [0, 0.1) is 6.92 Å². The molecule has 2 N–H and O–H groups in total. The summed E-state index contributed by atoms with van der Waals surface area (Å²) in [6.45, 7) is 3.99. The van der Waals surface area contributed by atoms with Gasteiger partial charge < -0.3 is 5.32 Å². The molecule has 0 heterocycles. The monoisotopic (exact) mass is 332 g/mol. The van der Waals surface area contributed by atoms with E-state index in [-0.39, 0.29) is 17.2 Å². The van der Waals surface area contributed by atoms with Crippen LogP contribution < -0.4 is 10.0 Å². The van der Waals surface area contributed by atoms with Crippen LogP contribution >= 0.6 is 0 Å². The average molecular weight is 332 g/mol. The highest BCUT2D eigenvalue weighted by molar-refractivity contribution is 7.89. The summed E-state index contributed by atoms with van der Waals surface area (Å²) < 4.78 is 26.1. The van der Waals surface area contributed by atoms with E-state index >= 15 is 0 Å². The van der Waals surface area contributed by atoms with Gasteiger partial charge in [-0.25, -0.2) is 13.1 Å². The summed E-state index contributed by atoms with van der Waals surface area (Å²) in [6, 6.07) is 13.9. The molecule has 0 aliphatic carbocycles. The molecule has 0 saturated carbocycles. The molecule has 122 valence electrons. The van der Waals surface area contributed by atoms with Gasteiger partial charge in [0, 0.05) is 12.2 Å². The number of sulfonamides is 1. The molecule has 0 spiro atoms. The minimum atomic E-state index is -3.46. The number of para-hydroxylation sites is 1. The number of carbonyl (C=O) groups excluding carboxylic acids is 1. The minimum Gasteiger partial charge on any atom is -0.326 e. The molecule has 2 aromatic carbocycles. The Hall–Kier alpha value is -2.18. The van der Waals surface area contributed by atoms with Gasteiger partial charge in [0.15, 0.2) is 0 Å². The van der Waals surface area contributed by atoms with Gasteiger partial charge in [-0.1, -0.05) is 37.3 Å². The maximum atomic E-state index is 12.1. The van der Waals surface area contributed by atoms with Crippen molar-refractivity contribution >= 4 is 21.6 Å². The van der Waals surface area contributed by atoms with E-state index in [1.807, 2.05) is 31.2 Å². The Kier molecular flexibility index (Phi) is 5.52. The molecule has 0 fully saturated rings. The fourth-order valence-corrected chi connectivity index (χ4v) is 3.19. The number of hydrogen-bond acceptors (Lipinski definition) is 3. The second-order valence-corrected chi connectivity index (χ2v) is 6.95. The summed E-state index contributed by atoms with van der Waals surface area (Å²) in [5.74, 6) is -0.137. The second kappa shape index (κ2) is 7.39. The van der Waals surface area contributed by atoms with Crippen molar-refractivity contribution < 1.29 is 13.2 Å². The number of nitrogens with one attached hydrogen (secondary N) is 2. The maximum absolute atomic E-state index is 12.1. The third-order valence-electron chi connectivity index (χ3n) is 3.35. The summed E-state index contributed by atoms with van der Waals surface area (Å²) >= 11 is 0. The van der Waals surface area contributed by atoms with Crippen LogP contribution in [-0.2, 0) is 21.2 Å². The number of carbonyl (C=O) groups is 1. The second-order valence-electron chi connectivity index (χ2n) is 5.19. The molecule has 2 rings (SSSR count). The number of hydrogen-bond donors (Lipinski definition) is 2. The highest BCUT2D eigenvalue weighted by Crippen LogP contribution is 2.15. The Bertz CT molecular complexity index is 784. The molecule has 0 bridgehead atoms. The first-order valence-electron chi connectivity index (χ1n) is 7.36. The quantitative estimate of drug-likeness (QED) is 0.853. The Labute approximate surface area is 136 Å². The van der Waals surface area contributed by atoms with Crippen molar-refractivity contribution in [1.29, 1.82) is 0 Å². The minimum absolute atomic E-state index is 0.137. The molecule has 23 heavy (non-hydrogen) atoms. The van der Waals surface area contributed by atoms with Gasteiger partial charge in [0.1, 0.15) is 0 Å². The largest absolute Gasteiger partial charge is 0.326 e. The molecule has 6 heteroatoms. The zero-order chi connectivity index (χ0) is 16.9. The van der Waals surface area contributed by atoms with Crippen LogP contribution in [0.2, 0.25) is 0 Å². The van der Waals surface area contributed by atoms with Gasteiger partial charge in [-0.2, -0.15) is 0 Å². The summed E-state index contributed by atoms with van der Waals surface area (Å²) in [6.07, 6.45) is 0.190. The zero-order valence-corrected chi connectivity index (χ0v) is 14.0. The van der Waals surface area contributed by atoms with Crippen LogP contribution in [0.3, 0.4) is 0 Å². The van der Waals surface area contributed by atoms with Gasteiger partial charge >= 0.3 is 0 Å². The molecule has 0 atom stereocenters. The molecule has 0 aliphatic rings. The first kappa shape index (κ1) is 17.2. The van der Waals surface area contributed by atoms with Crippen LogP contribution in [0.15, 0.2) is 53.4 Å². The summed E-state index contributed by atoms with van der Waals surface area (Å²) in [4.78, 5) is 12.3. The number of aryl methyl sites for hydroxylation is 1. The summed E-state index contributed by atoms with van der Waals surface area (Å²) in [5.41, 5.74) is 2.53. The lowest BCUT2D eigenvalue weighted by atomic mass is 10.1. The Balaban J connectivity index is 2.04. The van der Waals surface area contributed by atoms with Gasteiger partial charge in [0.05, 0.1) is 11.3 Å². The SMILES string of the molecule is CCNS(=O)(=O)c1ccc(CC(=O)Nc2ccccc2C)cc1. The normalized spacial score (nSPS) is 11.2. The van der Waals surface area contributed by atoms with Crippen molar-refractivity contribution in [1.82, 2.24) is 4.72 Å². The molecular weight excluding hydrogens is 312 g/mol. The van der Waals surface area contributed by atoms with E-state index in [1.165, 1.54) is 12.1 Å². The smallest absolute Gasteiger partial charge is 0.240 e. The predicted molar refractivity (Wildman–Crippen MR) is 90.8 cm³/mol. The fourth-order valence-electron chi connectivity index (χ4n) is 2.15. The molecule has 1 amide bonds. The van der Waals surface area contributed by atoms with E-state index < -0.39 is 10.0 Å². The average Bonchev–Trinajstić information content (AvgIpc) is 2.50. The number of rotatable bonds is 6. The Morgan fingerprint density at radius 1 is 1.04 bits per heavy atom. The van der Waals surface area contributed by atoms with E-state index in [4.69, 9.17) is 0 Å². The lowest BCUT2D eigenvalue weighted by molar-refractivity contribution is -0.115. The highest BCUT2D eigenvalue weighted by atomic mass is 32.2. The van der Waals surface area contributed by atoms with Gasteiger partial charge in [-0.15, -0.1) is 0 Å². The van der Waals surface area contributed by atoms with Gasteiger partial charge in [0.2, 0.25) is 15.9 Å². The summed E-state index contributed by atoms with van der Waals surface area (Å²) in [7, 11) is -3.46. The van der Waals surface area contributed by atoms with Gasteiger partial charge in [-0.05, 0) is 36.2 Å². The van der Waals surface area contributed by atoms with Crippen LogP contribution in [-0.4, -0.2) is 20.9 Å². The van der Waals surface area contributed by atoms with Gasteiger partial charge in [-0.3, -0.25) is 4.79 Å². The van der Waals surface area contributed by atoms with E-state index in [9.17, 15) is 13.2 Å². The molecule has 0 aromatic heterocycles. The number of anilines is 1. The molecule has 0 aliphatic heterocycles. The summed E-state index contributed by atoms with van der Waals surface area (Å²) in [5, 5.41) is 2.85. The maximum Gasteiger partial charge on any atom is 0.240 e. The third kappa shape index (κ3) is 4.64. The molecule has 5 nitrogen and oxygen atoms in total. The Morgan fingerprint density at radius 3 is 2.30 bits per heavy atom. The van der Waals surface area contributed by atoms with E-state index in [0.717, 1.165) is 16.8 Å². The van der Waals surface area contributed by atoms with Crippen molar-refractivity contribution in [2.24, 2.45) is 0 Å². The predicted octanol–water partition coefficient (Wildman–Crippen LogP) is 2.47. The third-order valence-corrected chi connectivity index (χ3v) is 4.91. The number of benzene rings is 2. The molecule has 0 radical (unpaired) electrons. The van der Waals surface area contributed by atoms with Crippen molar-refractivity contribution in [2.45, 2.75) is 25.2 Å².